The van der Waals surface area contributed by atoms with Gasteiger partial charge in [0.25, 0.3) is 0 Å². The van der Waals surface area contributed by atoms with Crippen LogP contribution in [0.2, 0.25) is 0 Å². The molecule has 1 aliphatic heterocycles. The van der Waals surface area contributed by atoms with Gasteiger partial charge in [-0.15, -0.1) is 0 Å². The zero-order valence-corrected chi connectivity index (χ0v) is 11.0. The van der Waals surface area contributed by atoms with Gasteiger partial charge in [-0.2, -0.15) is 0 Å². The minimum Gasteiger partial charge on any atom is -0.397 e. The number of benzene rings is 1. The SMILES string of the molecule is CC(CN1CCOCC1)Nc1c(N)ccc(F)c1F. The Hall–Kier alpha value is -1.40. The quantitative estimate of drug-likeness (QED) is 0.818. The first-order valence-electron chi connectivity index (χ1n) is 6.38. The number of anilines is 2. The van der Waals surface area contributed by atoms with Crippen molar-refractivity contribution in [3.05, 3.63) is 23.8 Å². The van der Waals surface area contributed by atoms with E-state index in [-0.39, 0.29) is 17.4 Å². The highest BCUT2D eigenvalue weighted by Crippen LogP contribution is 2.25. The highest BCUT2D eigenvalue weighted by Gasteiger charge is 2.17. The third-order valence-electron chi connectivity index (χ3n) is 3.15. The van der Waals surface area contributed by atoms with Gasteiger partial charge in [0, 0.05) is 25.7 Å². The van der Waals surface area contributed by atoms with Crippen LogP contribution < -0.4 is 11.1 Å². The van der Waals surface area contributed by atoms with Crippen LogP contribution in [0.15, 0.2) is 12.1 Å². The number of morpholine rings is 1. The molecule has 1 unspecified atom stereocenters. The van der Waals surface area contributed by atoms with E-state index in [4.69, 9.17) is 10.5 Å². The van der Waals surface area contributed by atoms with Crippen LogP contribution in [0.4, 0.5) is 20.2 Å². The molecule has 0 bridgehead atoms. The normalized spacial score (nSPS) is 18.3. The zero-order valence-electron chi connectivity index (χ0n) is 11.0. The molecule has 0 spiro atoms. The maximum atomic E-state index is 13.7. The van der Waals surface area contributed by atoms with Crippen LogP contribution >= 0.6 is 0 Å². The van der Waals surface area contributed by atoms with Crippen molar-refractivity contribution in [1.29, 1.82) is 0 Å². The van der Waals surface area contributed by atoms with Gasteiger partial charge >= 0.3 is 0 Å². The number of rotatable bonds is 4. The Kier molecular flexibility index (Phi) is 4.55. The maximum absolute atomic E-state index is 13.7. The summed E-state index contributed by atoms with van der Waals surface area (Å²) in [6, 6.07) is 2.36. The van der Waals surface area contributed by atoms with Gasteiger partial charge in [-0.1, -0.05) is 0 Å². The molecule has 106 valence electrons. The van der Waals surface area contributed by atoms with Crippen molar-refractivity contribution in [1.82, 2.24) is 4.90 Å². The van der Waals surface area contributed by atoms with E-state index in [0.29, 0.717) is 13.2 Å². The molecule has 0 amide bonds. The second-order valence-corrected chi connectivity index (χ2v) is 4.78. The lowest BCUT2D eigenvalue weighted by molar-refractivity contribution is 0.0368. The van der Waals surface area contributed by atoms with Gasteiger partial charge in [0.1, 0.15) is 0 Å². The summed E-state index contributed by atoms with van der Waals surface area (Å²) in [5.74, 6) is -1.82. The van der Waals surface area contributed by atoms with E-state index >= 15 is 0 Å². The third kappa shape index (κ3) is 3.54. The lowest BCUT2D eigenvalue weighted by atomic mass is 10.2. The Morgan fingerprint density at radius 3 is 2.74 bits per heavy atom. The van der Waals surface area contributed by atoms with E-state index in [0.717, 1.165) is 25.7 Å². The number of hydrogen-bond acceptors (Lipinski definition) is 4. The minimum absolute atomic E-state index is 0.0308. The summed E-state index contributed by atoms with van der Waals surface area (Å²) in [7, 11) is 0. The first-order chi connectivity index (χ1) is 9.08. The number of nitrogens with two attached hydrogens (primary N) is 1. The Balaban J connectivity index is 1.98. The fourth-order valence-electron chi connectivity index (χ4n) is 2.18. The molecule has 0 radical (unpaired) electrons. The Labute approximate surface area is 111 Å². The molecule has 4 nitrogen and oxygen atoms in total. The van der Waals surface area contributed by atoms with E-state index in [9.17, 15) is 8.78 Å². The summed E-state index contributed by atoms with van der Waals surface area (Å²) in [6.07, 6.45) is 0. The molecule has 3 N–H and O–H groups in total. The fraction of sp³-hybridized carbons (Fsp3) is 0.538. The predicted octanol–water partition coefficient (Wildman–Crippen LogP) is 1.68. The van der Waals surface area contributed by atoms with E-state index < -0.39 is 11.6 Å². The van der Waals surface area contributed by atoms with E-state index in [1.165, 1.54) is 6.07 Å². The summed E-state index contributed by atoms with van der Waals surface area (Å²) in [5.41, 5.74) is 5.93. The summed E-state index contributed by atoms with van der Waals surface area (Å²) in [5, 5.41) is 2.94. The Morgan fingerprint density at radius 2 is 2.05 bits per heavy atom. The maximum Gasteiger partial charge on any atom is 0.183 e. The molecule has 1 aromatic carbocycles. The zero-order chi connectivity index (χ0) is 13.8. The van der Waals surface area contributed by atoms with Gasteiger partial charge in [0.15, 0.2) is 11.6 Å². The number of hydrogen-bond donors (Lipinski definition) is 2. The largest absolute Gasteiger partial charge is 0.397 e. The Morgan fingerprint density at radius 1 is 1.37 bits per heavy atom. The molecule has 1 heterocycles. The van der Waals surface area contributed by atoms with Crippen molar-refractivity contribution in [3.63, 3.8) is 0 Å². The fourth-order valence-corrected chi connectivity index (χ4v) is 2.18. The topological polar surface area (TPSA) is 50.5 Å². The van der Waals surface area contributed by atoms with Crippen LogP contribution in [0.1, 0.15) is 6.92 Å². The second kappa shape index (κ2) is 6.16. The average molecular weight is 271 g/mol. The standard InChI is InChI=1S/C13H19F2N3O/c1-9(8-18-4-6-19-7-5-18)17-13-11(16)3-2-10(14)12(13)15/h2-3,9,17H,4-8,16H2,1H3. The first kappa shape index (κ1) is 14.0. The minimum atomic E-state index is -0.922. The molecule has 0 saturated carbocycles. The molecule has 6 heteroatoms. The van der Waals surface area contributed by atoms with Crippen molar-refractivity contribution < 1.29 is 13.5 Å². The van der Waals surface area contributed by atoms with Crippen molar-refractivity contribution in [2.45, 2.75) is 13.0 Å². The van der Waals surface area contributed by atoms with Gasteiger partial charge in [0.05, 0.1) is 24.6 Å². The molecule has 1 aromatic rings. The highest BCUT2D eigenvalue weighted by atomic mass is 19.2. The van der Waals surface area contributed by atoms with Crippen LogP contribution in [0, 0.1) is 11.6 Å². The summed E-state index contributed by atoms with van der Waals surface area (Å²) >= 11 is 0. The average Bonchev–Trinajstić information content (AvgIpc) is 2.40. The number of halogens is 2. The monoisotopic (exact) mass is 271 g/mol. The van der Waals surface area contributed by atoms with Gasteiger partial charge in [0.2, 0.25) is 0 Å². The molecule has 19 heavy (non-hydrogen) atoms. The number of nitrogen functional groups attached to an aromatic ring is 1. The third-order valence-corrected chi connectivity index (χ3v) is 3.15. The lowest BCUT2D eigenvalue weighted by Crippen LogP contribution is -2.42. The van der Waals surface area contributed by atoms with Crippen LogP contribution in [-0.2, 0) is 4.74 Å². The van der Waals surface area contributed by atoms with Crippen molar-refractivity contribution in [2.24, 2.45) is 0 Å². The molecule has 1 fully saturated rings. The van der Waals surface area contributed by atoms with Gasteiger partial charge in [-0.05, 0) is 19.1 Å². The molecular weight excluding hydrogens is 252 g/mol. The molecule has 1 saturated heterocycles. The van der Waals surface area contributed by atoms with E-state index in [1.807, 2.05) is 6.92 Å². The van der Waals surface area contributed by atoms with Gasteiger partial charge in [-0.25, -0.2) is 8.78 Å². The molecule has 0 aliphatic carbocycles. The van der Waals surface area contributed by atoms with Crippen LogP contribution in [0.3, 0.4) is 0 Å². The van der Waals surface area contributed by atoms with Crippen molar-refractivity contribution in [3.8, 4) is 0 Å². The second-order valence-electron chi connectivity index (χ2n) is 4.78. The lowest BCUT2D eigenvalue weighted by Gasteiger charge is -2.30. The van der Waals surface area contributed by atoms with E-state index in [2.05, 4.69) is 10.2 Å². The van der Waals surface area contributed by atoms with Crippen molar-refractivity contribution >= 4 is 11.4 Å². The summed E-state index contributed by atoms with van der Waals surface area (Å²) in [4.78, 5) is 2.22. The Bertz CT molecular complexity index is 436. The highest BCUT2D eigenvalue weighted by molar-refractivity contribution is 5.67. The first-order valence-corrected chi connectivity index (χ1v) is 6.38. The van der Waals surface area contributed by atoms with Crippen molar-refractivity contribution in [2.75, 3.05) is 43.9 Å². The molecular formula is C13H19F2N3O. The summed E-state index contributed by atoms with van der Waals surface area (Å²) in [6.45, 7) is 5.78. The number of nitrogens with zero attached hydrogens (tertiary/aromatic N) is 1. The molecule has 2 rings (SSSR count). The molecule has 0 aromatic heterocycles. The van der Waals surface area contributed by atoms with Gasteiger partial charge in [-0.3, -0.25) is 4.90 Å². The van der Waals surface area contributed by atoms with Crippen LogP contribution in [-0.4, -0.2) is 43.8 Å². The van der Waals surface area contributed by atoms with E-state index in [1.54, 1.807) is 0 Å². The number of ether oxygens (including phenoxy) is 1. The number of nitrogens with one attached hydrogen (secondary N) is 1. The van der Waals surface area contributed by atoms with Crippen LogP contribution in [0.5, 0.6) is 0 Å². The smallest absolute Gasteiger partial charge is 0.183 e. The van der Waals surface area contributed by atoms with Crippen LogP contribution in [0.25, 0.3) is 0 Å². The predicted molar refractivity (Wildman–Crippen MR) is 71.1 cm³/mol. The summed E-state index contributed by atoms with van der Waals surface area (Å²) < 4.78 is 32.1. The molecule has 1 aliphatic rings. The molecule has 1 atom stereocenters. The van der Waals surface area contributed by atoms with Gasteiger partial charge < -0.3 is 15.8 Å².